The molecule has 0 bridgehead atoms. The maximum Gasteiger partial charge on any atom is 0.305 e. The predicted octanol–water partition coefficient (Wildman–Crippen LogP) is 4.37. The minimum atomic E-state index is -0.434. The van der Waals surface area contributed by atoms with Crippen molar-refractivity contribution in [3.05, 3.63) is 58.1 Å². The molecule has 0 aromatic heterocycles. The molecule has 0 radical (unpaired) electrons. The van der Waals surface area contributed by atoms with Gasteiger partial charge in [0.25, 0.3) is 5.69 Å². The van der Waals surface area contributed by atoms with Gasteiger partial charge in [0, 0.05) is 24.2 Å². The Morgan fingerprint density at radius 3 is 2.54 bits per heavy atom. The molecule has 2 rings (SSSR count). The number of nitro groups is 1. The first kappa shape index (κ1) is 19.2. The van der Waals surface area contributed by atoms with Gasteiger partial charge in [-0.05, 0) is 38.0 Å². The van der Waals surface area contributed by atoms with Crippen LogP contribution in [0.25, 0.3) is 0 Å². The lowest BCUT2D eigenvalue weighted by atomic mass is 10.2. The number of benzene rings is 2. The van der Waals surface area contributed by atoms with Crippen molar-refractivity contribution >= 4 is 23.0 Å². The monoisotopic (exact) mass is 358 g/mol. The number of nitrogens with one attached hydrogen (secondary N) is 1. The second kappa shape index (κ2) is 9.41. The van der Waals surface area contributed by atoms with Crippen LogP contribution in [-0.4, -0.2) is 24.6 Å². The van der Waals surface area contributed by atoms with E-state index in [2.05, 4.69) is 10.1 Å². The Balaban J connectivity index is 2.01. The van der Waals surface area contributed by atoms with Crippen molar-refractivity contribution < 1.29 is 19.2 Å². The lowest BCUT2D eigenvalue weighted by Crippen LogP contribution is -2.03. The van der Waals surface area contributed by atoms with Gasteiger partial charge in [0.05, 0.1) is 18.6 Å². The van der Waals surface area contributed by atoms with Crippen LogP contribution in [0.5, 0.6) is 5.75 Å². The summed E-state index contributed by atoms with van der Waals surface area (Å²) in [7, 11) is 1.36. The van der Waals surface area contributed by atoms with Gasteiger partial charge in [-0.3, -0.25) is 14.9 Å². The molecule has 0 saturated heterocycles. The Hall–Kier alpha value is -3.09. The molecule has 0 amide bonds. The maximum absolute atomic E-state index is 11.2. The minimum Gasteiger partial charge on any atom is -0.494 e. The highest BCUT2D eigenvalue weighted by Gasteiger charge is 2.15. The lowest BCUT2D eigenvalue weighted by Gasteiger charge is -2.11. The Labute approximate surface area is 152 Å². The summed E-state index contributed by atoms with van der Waals surface area (Å²) in [5.41, 5.74) is 2.21. The zero-order valence-electron chi connectivity index (χ0n) is 14.9. The van der Waals surface area contributed by atoms with Crippen molar-refractivity contribution in [3.63, 3.8) is 0 Å². The molecular formula is C19H22N2O5. The molecule has 0 saturated carbocycles. The van der Waals surface area contributed by atoms with Gasteiger partial charge in [0.2, 0.25) is 0 Å². The maximum atomic E-state index is 11.2. The van der Waals surface area contributed by atoms with Crippen LogP contribution in [0.1, 0.15) is 24.8 Å². The van der Waals surface area contributed by atoms with Crippen LogP contribution in [-0.2, 0) is 9.53 Å². The van der Waals surface area contributed by atoms with E-state index in [1.54, 1.807) is 12.1 Å². The van der Waals surface area contributed by atoms with Crippen LogP contribution < -0.4 is 10.1 Å². The quantitative estimate of drug-likeness (QED) is 0.310. The second-order valence-corrected chi connectivity index (χ2v) is 5.81. The normalized spacial score (nSPS) is 10.2. The Bertz CT molecular complexity index is 759. The smallest absolute Gasteiger partial charge is 0.305 e. The van der Waals surface area contributed by atoms with E-state index in [1.165, 1.54) is 13.2 Å². The van der Waals surface area contributed by atoms with Crippen molar-refractivity contribution in [2.24, 2.45) is 0 Å². The predicted molar refractivity (Wildman–Crippen MR) is 98.9 cm³/mol. The van der Waals surface area contributed by atoms with E-state index in [1.807, 2.05) is 31.2 Å². The number of aryl methyl sites for hydroxylation is 1. The molecule has 0 aliphatic rings. The summed E-state index contributed by atoms with van der Waals surface area (Å²) in [5, 5.41) is 14.3. The van der Waals surface area contributed by atoms with Gasteiger partial charge >= 0.3 is 5.97 Å². The van der Waals surface area contributed by atoms with E-state index in [-0.39, 0.29) is 11.7 Å². The van der Waals surface area contributed by atoms with E-state index in [4.69, 9.17) is 4.74 Å². The molecule has 138 valence electrons. The van der Waals surface area contributed by atoms with Gasteiger partial charge in [-0.15, -0.1) is 0 Å². The van der Waals surface area contributed by atoms with Crippen LogP contribution in [0, 0.1) is 17.0 Å². The number of esters is 1. The van der Waals surface area contributed by atoms with Crippen LogP contribution in [0.15, 0.2) is 42.5 Å². The fourth-order valence-corrected chi connectivity index (χ4v) is 2.32. The van der Waals surface area contributed by atoms with Gasteiger partial charge < -0.3 is 14.8 Å². The summed E-state index contributed by atoms with van der Waals surface area (Å²) >= 11 is 0. The van der Waals surface area contributed by atoms with E-state index in [9.17, 15) is 14.9 Å². The number of hydrogen-bond donors (Lipinski definition) is 1. The van der Waals surface area contributed by atoms with E-state index in [0.29, 0.717) is 37.3 Å². The minimum absolute atomic E-state index is 0.0244. The highest BCUT2D eigenvalue weighted by Crippen LogP contribution is 2.31. The molecular weight excluding hydrogens is 336 g/mol. The standard InChI is InChI=1S/C19H22N2O5/c1-14-6-8-15(9-7-14)20-17-13-16(10-11-18(17)21(23)24)26-12-4-3-5-19(22)25-2/h6-11,13,20H,3-5,12H2,1-2H3. The van der Waals surface area contributed by atoms with E-state index >= 15 is 0 Å². The number of methoxy groups -OCH3 is 1. The molecule has 7 nitrogen and oxygen atoms in total. The third kappa shape index (κ3) is 5.77. The number of hydrogen-bond acceptors (Lipinski definition) is 6. The largest absolute Gasteiger partial charge is 0.494 e. The highest BCUT2D eigenvalue weighted by atomic mass is 16.6. The summed E-state index contributed by atoms with van der Waals surface area (Å²) in [5.74, 6) is 0.285. The first-order valence-electron chi connectivity index (χ1n) is 8.31. The summed E-state index contributed by atoms with van der Waals surface area (Å²) in [6.45, 7) is 2.39. The fourth-order valence-electron chi connectivity index (χ4n) is 2.32. The van der Waals surface area contributed by atoms with Crippen molar-refractivity contribution in [3.8, 4) is 5.75 Å². The van der Waals surface area contributed by atoms with Crippen molar-refractivity contribution in [2.75, 3.05) is 19.0 Å². The van der Waals surface area contributed by atoms with Gasteiger partial charge in [-0.2, -0.15) is 0 Å². The average Bonchev–Trinajstić information content (AvgIpc) is 2.63. The molecule has 0 atom stereocenters. The highest BCUT2D eigenvalue weighted by molar-refractivity contribution is 5.71. The zero-order valence-corrected chi connectivity index (χ0v) is 14.9. The van der Waals surface area contributed by atoms with Crippen LogP contribution in [0.3, 0.4) is 0 Å². The molecule has 7 heteroatoms. The van der Waals surface area contributed by atoms with Crippen molar-refractivity contribution in [1.82, 2.24) is 0 Å². The molecule has 0 fully saturated rings. The first-order valence-corrected chi connectivity index (χ1v) is 8.31. The van der Waals surface area contributed by atoms with Gasteiger partial charge in [0.15, 0.2) is 0 Å². The van der Waals surface area contributed by atoms with Crippen molar-refractivity contribution in [1.29, 1.82) is 0 Å². The Kier molecular flexibility index (Phi) is 6.96. The molecule has 2 aromatic rings. The number of carbonyl (C=O) groups is 1. The molecule has 0 aliphatic heterocycles. The number of unbranched alkanes of at least 4 members (excludes halogenated alkanes) is 1. The number of anilines is 2. The summed E-state index contributed by atoms with van der Waals surface area (Å²) < 4.78 is 10.2. The molecule has 0 aliphatic carbocycles. The fraction of sp³-hybridized carbons (Fsp3) is 0.316. The van der Waals surface area contributed by atoms with Gasteiger partial charge in [-0.25, -0.2) is 0 Å². The third-order valence-corrected chi connectivity index (χ3v) is 3.77. The van der Waals surface area contributed by atoms with Crippen molar-refractivity contribution in [2.45, 2.75) is 26.2 Å². The Morgan fingerprint density at radius 2 is 1.88 bits per heavy atom. The molecule has 0 unspecified atom stereocenters. The van der Waals surface area contributed by atoms with Crippen LogP contribution >= 0.6 is 0 Å². The van der Waals surface area contributed by atoms with Gasteiger partial charge in [0.1, 0.15) is 11.4 Å². The number of rotatable bonds is 9. The first-order chi connectivity index (χ1) is 12.5. The van der Waals surface area contributed by atoms with Crippen LogP contribution in [0.4, 0.5) is 17.1 Å². The van der Waals surface area contributed by atoms with E-state index in [0.717, 1.165) is 11.3 Å². The zero-order chi connectivity index (χ0) is 18.9. The average molecular weight is 358 g/mol. The molecule has 0 spiro atoms. The third-order valence-electron chi connectivity index (χ3n) is 3.77. The molecule has 2 aromatic carbocycles. The topological polar surface area (TPSA) is 90.7 Å². The SMILES string of the molecule is COC(=O)CCCCOc1ccc([N+](=O)[O-])c(Nc2ccc(C)cc2)c1. The summed E-state index contributed by atoms with van der Waals surface area (Å²) in [6, 6.07) is 12.2. The Morgan fingerprint density at radius 1 is 1.15 bits per heavy atom. The molecule has 1 N–H and O–H groups in total. The van der Waals surface area contributed by atoms with Crippen LogP contribution in [0.2, 0.25) is 0 Å². The number of nitro benzene ring substituents is 1. The summed E-state index contributed by atoms with van der Waals surface area (Å²) in [4.78, 5) is 21.9. The summed E-state index contributed by atoms with van der Waals surface area (Å²) in [6.07, 6.45) is 1.70. The second-order valence-electron chi connectivity index (χ2n) is 5.81. The molecule has 26 heavy (non-hydrogen) atoms. The number of nitrogens with zero attached hydrogens (tertiary/aromatic N) is 1. The van der Waals surface area contributed by atoms with Gasteiger partial charge in [-0.1, -0.05) is 17.7 Å². The van der Waals surface area contributed by atoms with E-state index < -0.39 is 4.92 Å². The molecule has 0 heterocycles. The number of carbonyl (C=O) groups excluding carboxylic acids is 1. The lowest BCUT2D eigenvalue weighted by molar-refractivity contribution is -0.383. The number of ether oxygens (including phenoxy) is 2.